The van der Waals surface area contributed by atoms with Crippen LogP contribution in [-0.2, 0) is 9.53 Å². The molecule has 0 radical (unpaired) electrons. The quantitative estimate of drug-likeness (QED) is 0.709. The first-order valence-corrected chi connectivity index (χ1v) is 7.78. The average Bonchev–Trinajstić information content (AvgIpc) is 2.97. The van der Waals surface area contributed by atoms with E-state index in [2.05, 4.69) is 16.8 Å². The number of nitrogens with zero attached hydrogens (tertiary/aromatic N) is 2. The van der Waals surface area contributed by atoms with Gasteiger partial charge in [0, 0.05) is 11.6 Å². The van der Waals surface area contributed by atoms with E-state index < -0.39 is 0 Å². The first-order chi connectivity index (χ1) is 9.16. The standard InChI is InChI=1S/C15H26N2O2/c1-3-19-14(18)12-11-15(6-9-16(2)10-7-15)17-8-4-5-13(12)17/h12-13H,3-11H2,1-2H3/t12-,13-/m1/s1. The molecule has 3 rings (SSSR count). The highest BCUT2D eigenvalue weighted by Crippen LogP contribution is 2.48. The van der Waals surface area contributed by atoms with Crippen LogP contribution in [0.25, 0.3) is 0 Å². The number of rotatable bonds is 2. The lowest BCUT2D eigenvalue weighted by molar-refractivity contribution is -0.148. The second-order valence-electron chi connectivity index (χ2n) is 6.49. The lowest BCUT2D eigenvalue weighted by Gasteiger charge is -2.44. The van der Waals surface area contributed by atoms with Gasteiger partial charge < -0.3 is 9.64 Å². The maximum atomic E-state index is 12.2. The van der Waals surface area contributed by atoms with Crippen LogP contribution < -0.4 is 0 Å². The molecule has 0 aromatic carbocycles. The molecule has 0 bridgehead atoms. The average molecular weight is 266 g/mol. The van der Waals surface area contributed by atoms with Crippen molar-refractivity contribution in [3.05, 3.63) is 0 Å². The zero-order valence-electron chi connectivity index (χ0n) is 12.2. The number of piperidine rings is 1. The van der Waals surface area contributed by atoms with E-state index in [1.165, 1.54) is 45.3 Å². The number of hydrogen-bond donors (Lipinski definition) is 0. The molecule has 3 fully saturated rings. The Labute approximate surface area is 116 Å². The summed E-state index contributed by atoms with van der Waals surface area (Å²) in [6.07, 6.45) is 5.90. The van der Waals surface area contributed by atoms with Gasteiger partial charge in [-0.1, -0.05) is 0 Å². The molecule has 0 saturated carbocycles. The van der Waals surface area contributed by atoms with Gasteiger partial charge in [-0.15, -0.1) is 0 Å². The third-order valence-electron chi connectivity index (χ3n) is 5.48. The maximum absolute atomic E-state index is 12.2. The normalized spacial score (nSPS) is 34.6. The van der Waals surface area contributed by atoms with Crippen LogP contribution in [0.3, 0.4) is 0 Å². The van der Waals surface area contributed by atoms with Crippen LogP contribution in [0.15, 0.2) is 0 Å². The summed E-state index contributed by atoms with van der Waals surface area (Å²) in [5.41, 5.74) is 0.297. The fraction of sp³-hybridized carbons (Fsp3) is 0.933. The highest BCUT2D eigenvalue weighted by molar-refractivity contribution is 5.74. The van der Waals surface area contributed by atoms with Crippen molar-refractivity contribution < 1.29 is 9.53 Å². The van der Waals surface area contributed by atoms with Crippen LogP contribution in [0, 0.1) is 5.92 Å². The second-order valence-corrected chi connectivity index (χ2v) is 6.49. The Kier molecular flexibility index (Phi) is 3.56. The second kappa shape index (κ2) is 5.06. The van der Waals surface area contributed by atoms with Crippen LogP contribution in [-0.4, -0.2) is 60.6 Å². The smallest absolute Gasteiger partial charge is 0.310 e. The Morgan fingerprint density at radius 2 is 2.05 bits per heavy atom. The van der Waals surface area contributed by atoms with Gasteiger partial charge in [-0.2, -0.15) is 0 Å². The summed E-state index contributed by atoms with van der Waals surface area (Å²) in [6.45, 7) is 5.93. The van der Waals surface area contributed by atoms with E-state index in [1.54, 1.807) is 0 Å². The summed E-state index contributed by atoms with van der Waals surface area (Å²) in [5, 5.41) is 0. The van der Waals surface area contributed by atoms with Crippen molar-refractivity contribution in [2.45, 2.75) is 50.6 Å². The van der Waals surface area contributed by atoms with Gasteiger partial charge in [0.05, 0.1) is 12.5 Å². The van der Waals surface area contributed by atoms with Crippen LogP contribution >= 0.6 is 0 Å². The third kappa shape index (κ3) is 2.19. The van der Waals surface area contributed by atoms with Gasteiger partial charge >= 0.3 is 5.97 Å². The molecule has 0 N–H and O–H groups in total. The molecule has 0 aromatic rings. The van der Waals surface area contributed by atoms with E-state index >= 15 is 0 Å². The SMILES string of the molecule is CCOC(=O)[C@@H]1CC2(CCN(C)CC2)N2CCC[C@H]12. The molecule has 1 spiro atoms. The highest BCUT2D eigenvalue weighted by atomic mass is 16.5. The van der Waals surface area contributed by atoms with Crippen LogP contribution in [0.1, 0.15) is 39.0 Å². The lowest BCUT2D eigenvalue weighted by atomic mass is 9.82. The maximum Gasteiger partial charge on any atom is 0.310 e. The summed E-state index contributed by atoms with van der Waals surface area (Å²) < 4.78 is 5.31. The Morgan fingerprint density at radius 3 is 2.74 bits per heavy atom. The summed E-state index contributed by atoms with van der Waals surface area (Å²) in [7, 11) is 2.20. The molecule has 4 heteroatoms. The molecule has 108 valence electrons. The number of hydrogen-bond acceptors (Lipinski definition) is 4. The van der Waals surface area contributed by atoms with Crippen molar-refractivity contribution >= 4 is 5.97 Å². The fourth-order valence-electron chi connectivity index (χ4n) is 4.48. The molecule has 0 aromatic heterocycles. The van der Waals surface area contributed by atoms with E-state index in [4.69, 9.17) is 4.74 Å². The number of fused-ring (bicyclic) bond motifs is 2. The summed E-state index contributed by atoms with van der Waals surface area (Å²) in [6, 6.07) is 0.461. The largest absolute Gasteiger partial charge is 0.466 e. The van der Waals surface area contributed by atoms with Crippen molar-refractivity contribution in [1.29, 1.82) is 0 Å². The van der Waals surface area contributed by atoms with Gasteiger partial charge in [0.2, 0.25) is 0 Å². The molecule has 4 nitrogen and oxygen atoms in total. The molecule has 19 heavy (non-hydrogen) atoms. The molecule has 2 atom stereocenters. The molecule has 3 aliphatic rings. The summed E-state index contributed by atoms with van der Waals surface area (Å²) in [5.74, 6) is 0.182. The van der Waals surface area contributed by atoms with Gasteiger partial charge in [0.1, 0.15) is 0 Å². The zero-order valence-corrected chi connectivity index (χ0v) is 12.2. The van der Waals surface area contributed by atoms with Crippen molar-refractivity contribution in [1.82, 2.24) is 9.80 Å². The van der Waals surface area contributed by atoms with Gasteiger partial charge in [-0.25, -0.2) is 0 Å². The van der Waals surface area contributed by atoms with Gasteiger partial charge in [0.25, 0.3) is 0 Å². The van der Waals surface area contributed by atoms with Crippen LogP contribution in [0.4, 0.5) is 0 Å². The predicted molar refractivity (Wildman–Crippen MR) is 73.9 cm³/mol. The molecule has 3 saturated heterocycles. The van der Waals surface area contributed by atoms with E-state index in [9.17, 15) is 4.79 Å². The summed E-state index contributed by atoms with van der Waals surface area (Å²) >= 11 is 0. The van der Waals surface area contributed by atoms with Crippen molar-refractivity contribution in [2.24, 2.45) is 5.92 Å². The molecule has 0 amide bonds. The molecule has 0 aliphatic carbocycles. The molecule has 0 unspecified atom stereocenters. The van der Waals surface area contributed by atoms with Gasteiger partial charge in [0.15, 0.2) is 0 Å². The minimum absolute atomic E-state index is 0.0511. The minimum Gasteiger partial charge on any atom is -0.466 e. The van der Waals surface area contributed by atoms with Crippen molar-refractivity contribution in [3.8, 4) is 0 Å². The van der Waals surface area contributed by atoms with Gasteiger partial charge in [-0.3, -0.25) is 9.69 Å². The van der Waals surface area contributed by atoms with E-state index in [0.29, 0.717) is 18.2 Å². The Bertz CT molecular complexity index is 350. The van der Waals surface area contributed by atoms with Crippen LogP contribution in [0.5, 0.6) is 0 Å². The molecule has 3 heterocycles. The number of likely N-dealkylation sites (tertiary alicyclic amines) is 1. The Balaban J connectivity index is 1.78. The predicted octanol–water partition coefficient (Wildman–Crippen LogP) is 1.50. The fourth-order valence-corrected chi connectivity index (χ4v) is 4.48. The first-order valence-electron chi connectivity index (χ1n) is 7.78. The minimum atomic E-state index is 0.0511. The van der Waals surface area contributed by atoms with Crippen LogP contribution in [0.2, 0.25) is 0 Å². The number of carbonyl (C=O) groups excluding carboxylic acids is 1. The molecule has 3 aliphatic heterocycles. The zero-order chi connectivity index (χ0) is 13.5. The number of esters is 1. The number of ether oxygens (including phenoxy) is 1. The lowest BCUT2D eigenvalue weighted by Crippen LogP contribution is -2.51. The third-order valence-corrected chi connectivity index (χ3v) is 5.48. The van der Waals surface area contributed by atoms with E-state index in [-0.39, 0.29) is 11.9 Å². The monoisotopic (exact) mass is 266 g/mol. The highest BCUT2D eigenvalue weighted by Gasteiger charge is 2.55. The first kappa shape index (κ1) is 13.4. The topological polar surface area (TPSA) is 32.8 Å². The summed E-state index contributed by atoms with van der Waals surface area (Å²) in [4.78, 5) is 17.3. The molecular formula is C15H26N2O2. The van der Waals surface area contributed by atoms with E-state index in [1.807, 2.05) is 6.92 Å². The van der Waals surface area contributed by atoms with Crippen molar-refractivity contribution in [3.63, 3.8) is 0 Å². The van der Waals surface area contributed by atoms with E-state index in [0.717, 1.165) is 6.42 Å². The molecular weight excluding hydrogens is 240 g/mol. The van der Waals surface area contributed by atoms with Crippen molar-refractivity contribution in [2.75, 3.05) is 33.3 Å². The van der Waals surface area contributed by atoms with Gasteiger partial charge in [-0.05, 0) is 65.7 Å². The Morgan fingerprint density at radius 1 is 1.32 bits per heavy atom. The Hall–Kier alpha value is -0.610. The number of carbonyl (C=O) groups is 1.